The van der Waals surface area contributed by atoms with Crippen LogP contribution in [0, 0.1) is 0 Å². The van der Waals surface area contributed by atoms with Crippen molar-refractivity contribution in [2.24, 2.45) is 0 Å². The maximum Gasteiger partial charge on any atom is 0.303 e. The maximum atomic E-state index is 12.9. The normalized spacial score (nSPS) is 17.8. The first-order valence-corrected chi connectivity index (χ1v) is 8.31. The molecule has 1 heterocycles. The van der Waals surface area contributed by atoms with E-state index in [0.717, 1.165) is 30.0 Å². The Morgan fingerprint density at radius 2 is 1.83 bits per heavy atom. The molecule has 0 spiro atoms. The number of aromatic hydroxyl groups is 1. The minimum Gasteiger partial charge on any atom is -0.507 e. The molecule has 0 saturated carbocycles. The van der Waals surface area contributed by atoms with Crippen molar-refractivity contribution in [2.45, 2.75) is 38.1 Å². The minimum atomic E-state index is -0.846. The monoisotopic (exact) mass is 327 g/mol. The first-order chi connectivity index (χ1) is 11.6. The number of nitrogens with zero attached hydrogens (tertiary/aromatic N) is 1. The third-order valence-electron chi connectivity index (χ3n) is 4.67. The lowest BCUT2D eigenvalue weighted by Gasteiger charge is -2.36. The molecule has 1 fully saturated rings. The van der Waals surface area contributed by atoms with E-state index in [4.69, 9.17) is 5.11 Å². The van der Waals surface area contributed by atoms with Crippen molar-refractivity contribution in [3.8, 4) is 5.75 Å². The average Bonchev–Trinajstić information content (AvgIpc) is 2.59. The van der Waals surface area contributed by atoms with Crippen molar-refractivity contribution in [2.75, 3.05) is 6.54 Å². The quantitative estimate of drug-likeness (QED) is 0.902. The van der Waals surface area contributed by atoms with E-state index in [1.807, 2.05) is 24.3 Å². The van der Waals surface area contributed by atoms with E-state index in [2.05, 4.69) is 0 Å². The van der Waals surface area contributed by atoms with Crippen molar-refractivity contribution in [1.82, 2.24) is 4.90 Å². The number of benzene rings is 2. The number of carbonyl (C=O) groups is 2. The van der Waals surface area contributed by atoms with Gasteiger partial charge in [-0.05, 0) is 48.6 Å². The summed E-state index contributed by atoms with van der Waals surface area (Å²) < 4.78 is 0. The van der Waals surface area contributed by atoms with Gasteiger partial charge in [-0.15, -0.1) is 0 Å². The first kappa shape index (κ1) is 16.3. The number of rotatable bonds is 4. The summed E-state index contributed by atoms with van der Waals surface area (Å²) in [4.78, 5) is 25.5. The number of phenolic OH excluding ortho intramolecular Hbond substituents is 1. The minimum absolute atomic E-state index is 0.0266. The molecule has 5 heteroatoms. The Kier molecular flexibility index (Phi) is 4.69. The van der Waals surface area contributed by atoms with Crippen LogP contribution in [0.25, 0.3) is 10.8 Å². The van der Waals surface area contributed by atoms with Crippen molar-refractivity contribution in [3.05, 3.63) is 42.0 Å². The van der Waals surface area contributed by atoms with E-state index in [9.17, 15) is 14.7 Å². The standard InChI is InChI=1S/C19H21NO4/c21-17-12-14-6-2-1-5-13(14)11-16(17)19(24)20-10-4-3-7-15(20)8-9-18(22)23/h1-2,5-6,11-12,15,21H,3-4,7-10H2,(H,22,23). The van der Waals surface area contributed by atoms with Crippen LogP contribution in [0.15, 0.2) is 36.4 Å². The third-order valence-corrected chi connectivity index (χ3v) is 4.67. The van der Waals surface area contributed by atoms with Crippen LogP contribution in [-0.4, -0.2) is 39.6 Å². The van der Waals surface area contributed by atoms with Crippen molar-refractivity contribution >= 4 is 22.6 Å². The molecule has 1 aliphatic heterocycles. The topological polar surface area (TPSA) is 77.8 Å². The second-order valence-corrected chi connectivity index (χ2v) is 6.30. The molecule has 2 aromatic rings. The van der Waals surface area contributed by atoms with Crippen LogP contribution in [0.4, 0.5) is 0 Å². The highest BCUT2D eigenvalue weighted by Gasteiger charge is 2.29. The predicted molar refractivity (Wildman–Crippen MR) is 91.2 cm³/mol. The molecule has 1 atom stereocenters. The molecule has 2 aromatic carbocycles. The summed E-state index contributed by atoms with van der Waals surface area (Å²) in [5, 5.41) is 21.0. The van der Waals surface area contributed by atoms with Gasteiger partial charge < -0.3 is 15.1 Å². The Hall–Kier alpha value is -2.56. The zero-order valence-corrected chi connectivity index (χ0v) is 13.4. The van der Waals surface area contributed by atoms with Crippen LogP contribution in [0.1, 0.15) is 42.5 Å². The van der Waals surface area contributed by atoms with Gasteiger partial charge in [0.15, 0.2) is 0 Å². The number of hydrogen-bond acceptors (Lipinski definition) is 3. The highest BCUT2D eigenvalue weighted by molar-refractivity contribution is 6.01. The number of carbonyl (C=O) groups excluding carboxylic acids is 1. The van der Waals surface area contributed by atoms with Gasteiger partial charge in [-0.3, -0.25) is 9.59 Å². The van der Waals surface area contributed by atoms with Gasteiger partial charge in [0.25, 0.3) is 5.91 Å². The lowest BCUT2D eigenvalue weighted by molar-refractivity contribution is -0.137. The number of likely N-dealkylation sites (tertiary alicyclic amines) is 1. The molecule has 2 N–H and O–H groups in total. The van der Waals surface area contributed by atoms with E-state index in [0.29, 0.717) is 13.0 Å². The molecule has 0 aromatic heterocycles. The Morgan fingerprint density at radius 3 is 2.54 bits per heavy atom. The Bertz CT molecular complexity index is 771. The van der Waals surface area contributed by atoms with Crippen molar-refractivity contribution in [1.29, 1.82) is 0 Å². The van der Waals surface area contributed by atoms with Gasteiger partial charge in [0.05, 0.1) is 5.56 Å². The highest BCUT2D eigenvalue weighted by Crippen LogP contribution is 2.29. The van der Waals surface area contributed by atoms with Gasteiger partial charge >= 0.3 is 5.97 Å². The van der Waals surface area contributed by atoms with E-state index >= 15 is 0 Å². The zero-order valence-electron chi connectivity index (χ0n) is 13.4. The van der Waals surface area contributed by atoms with E-state index in [-0.39, 0.29) is 29.7 Å². The third kappa shape index (κ3) is 3.35. The van der Waals surface area contributed by atoms with Crippen LogP contribution < -0.4 is 0 Å². The lowest BCUT2D eigenvalue weighted by Crippen LogP contribution is -2.44. The molecule has 1 unspecified atom stereocenters. The second-order valence-electron chi connectivity index (χ2n) is 6.30. The fourth-order valence-electron chi connectivity index (χ4n) is 3.41. The zero-order chi connectivity index (χ0) is 17.1. The smallest absolute Gasteiger partial charge is 0.303 e. The molecule has 1 aliphatic rings. The van der Waals surface area contributed by atoms with E-state index in [1.54, 1.807) is 17.0 Å². The number of amides is 1. The number of hydrogen-bond donors (Lipinski definition) is 2. The Labute approximate surface area is 140 Å². The summed E-state index contributed by atoms with van der Waals surface area (Å²) in [6.45, 7) is 0.607. The molecule has 5 nitrogen and oxygen atoms in total. The van der Waals surface area contributed by atoms with Crippen LogP contribution in [0.2, 0.25) is 0 Å². The molecule has 126 valence electrons. The van der Waals surface area contributed by atoms with Gasteiger partial charge in [-0.2, -0.15) is 0 Å². The fraction of sp³-hybridized carbons (Fsp3) is 0.368. The summed E-state index contributed by atoms with van der Waals surface area (Å²) in [5.74, 6) is -1.09. The number of carboxylic acid groups (broad SMARTS) is 1. The highest BCUT2D eigenvalue weighted by atomic mass is 16.4. The van der Waals surface area contributed by atoms with Crippen LogP contribution in [0.5, 0.6) is 5.75 Å². The number of phenols is 1. The molecular weight excluding hydrogens is 306 g/mol. The van der Waals surface area contributed by atoms with Crippen LogP contribution in [0.3, 0.4) is 0 Å². The summed E-state index contributed by atoms with van der Waals surface area (Å²) in [6.07, 6.45) is 3.22. The molecule has 1 amide bonds. The second kappa shape index (κ2) is 6.91. The summed E-state index contributed by atoms with van der Waals surface area (Å²) in [6, 6.07) is 10.8. The number of piperidine rings is 1. The fourth-order valence-corrected chi connectivity index (χ4v) is 3.41. The molecule has 1 saturated heterocycles. The molecular formula is C19H21NO4. The summed E-state index contributed by atoms with van der Waals surface area (Å²) in [7, 11) is 0. The number of carboxylic acids is 1. The van der Waals surface area contributed by atoms with Gasteiger partial charge in [0, 0.05) is 19.0 Å². The van der Waals surface area contributed by atoms with Crippen LogP contribution >= 0.6 is 0 Å². The SMILES string of the molecule is O=C(O)CCC1CCCCN1C(=O)c1cc2ccccc2cc1O. The van der Waals surface area contributed by atoms with Gasteiger partial charge in [0.2, 0.25) is 0 Å². The predicted octanol–water partition coefficient (Wildman–Crippen LogP) is 3.40. The number of aliphatic carboxylic acids is 1. The largest absolute Gasteiger partial charge is 0.507 e. The summed E-state index contributed by atoms with van der Waals surface area (Å²) in [5.41, 5.74) is 0.288. The molecule has 3 rings (SSSR count). The number of fused-ring (bicyclic) bond motifs is 1. The Balaban J connectivity index is 1.88. The molecule has 0 aliphatic carbocycles. The first-order valence-electron chi connectivity index (χ1n) is 8.31. The molecule has 24 heavy (non-hydrogen) atoms. The van der Waals surface area contributed by atoms with E-state index in [1.165, 1.54) is 0 Å². The molecule has 0 bridgehead atoms. The maximum absolute atomic E-state index is 12.9. The van der Waals surface area contributed by atoms with E-state index < -0.39 is 5.97 Å². The molecule has 0 radical (unpaired) electrons. The summed E-state index contributed by atoms with van der Waals surface area (Å²) >= 11 is 0. The average molecular weight is 327 g/mol. The van der Waals surface area contributed by atoms with Gasteiger partial charge in [-0.25, -0.2) is 0 Å². The Morgan fingerprint density at radius 1 is 1.12 bits per heavy atom. The van der Waals surface area contributed by atoms with Crippen molar-refractivity contribution in [3.63, 3.8) is 0 Å². The van der Waals surface area contributed by atoms with Gasteiger partial charge in [-0.1, -0.05) is 24.3 Å². The van der Waals surface area contributed by atoms with Crippen molar-refractivity contribution < 1.29 is 19.8 Å². The lowest BCUT2D eigenvalue weighted by atomic mass is 9.96. The van der Waals surface area contributed by atoms with Gasteiger partial charge in [0.1, 0.15) is 5.75 Å². The van der Waals surface area contributed by atoms with Crippen LogP contribution in [-0.2, 0) is 4.79 Å².